The van der Waals surface area contributed by atoms with Crippen molar-refractivity contribution in [3.05, 3.63) is 107 Å². The van der Waals surface area contributed by atoms with Gasteiger partial charge in [0.1, 0.15) is 0 Å². The van der Waals surface area contributed by atoms with Crippen molar-refractivity contribution >= 4 is 5.91 Å². The molecule has 1 amide bonds. The molecule has 180 valence electrons. The minimum absolute atomic E-state index is 0.0941. The van der Waals surface area contributed by atoms with E-state index in [-0.39, 0.29) is 11.7 Å². The summed E-state index contributed by atoms with van der Waals surface area (Å²) in [6.45, 7) is 2.83. The second-order valence-corrected chi connectivity index (χ2v) is 8.23. The molecule has 1 heterocycles. The molecule has 1 aromatic heterocycles. The Bertz CT molecular complexity index is 1250. The molecule has 0 aliphatic rings. The molecule has 0 fully saturated rings. The molecule has 3 aromatic carbocycles. The van der Waals surface area contributed by atoms with Gasteiger partial charge in [0, 0.05) is 30.6 Å². The van der Waals surface area contributed by atoms with E-state index in [1.54, 1.807) is 4.90 Å². The quantitative estimate of drug-likeness (QED) is 0.311. The Balaban J connectivity index is 1.45. The zero-order valence-electron chi connectivity index (χ0n) is 19.1. The van der Waals surface area contributed by atoms with E-state index in [0.717, 1.165) is 23.3 Å². The van der Waals surface area contributed by atoms with Crippen molar-refractivity contribution in [3.8, 4) is 11.4 Å². The monoisotopic (exact) mass is 479 g/mol. The van der Waals surface area contributed by atoms with E-state index >= 15 is 0 Å². The highest BCUT2D eigenvalue weighted by Gasteiger charge is 2.30. The molecule has 0 N–H and O–H groups in total. The summed E-state index contributed by atoms with van der Waals surface area (Å²) in [4.78, 5) is 19.3. The molecule has 5 nitrogen and oxygen atoms in total. The fourth-order valence-electron chi connectivity index (χ4n) is 3.61. The number of nitrogens with zero attached hydrogens (tertiary/aromatic N) is 3. The predicted molar refractivity (Wildman–Crippen MR) is 126 cm³/mol. The first-order valence-corrected chi connectivity index (χ1v) is 11.2. The summed E-state index contributed by atoms with van der Waals surface area (Å²) in [5.41, 5.74) is 2.47. The van der Waals surface area contributed by atoms with Crippen LogP contribution < -0.4 is 0 Å². The van der Waals surface area contributed by atoms with Gasteiger partial charge in [0.15, 0.2) is 0 Å². The van der Waals surface area contributed by atoms with Crippen molar-refractivity contribution in [2.45, 2.75) is 25.9 Å². The average molecular weight is 480 g/mol. The number of carbonyl (C=O) groups excluding carboxylic acids is 1. The van der Waals surface area contributed by atoms with Gasteiger partial charge in [-0.15, -0.1) is 0 Å². The van der Waals surface area contributed by atoms with Crippen LogP contribution in [0.5, 0.6) is 0 Å². The third-order valence-corrected chi connectivity index (χ3v) is 5.63. The number of carbonyl (C=O) groups is 1. The summed E-state index contributed by atoms with van der Waals surface area (Å²) in [5, 5.41) is 3.89. The van der Waals surface area contributed by atoms with E-state index in [1.165, 1.54) is 12.1 Å². The highest BCUT2D eigenvalue weighted by molar-refractivity contribution is 5.94. The molecule has 0 unspecified atom stereocenters. The van der Waals surface area contributed by atoms with Crippen LogP contribution in [0.3, 0.4) is 0 Å². The van der Waals surface area contributed by atoms with Gasteiger partial charge in [-0.05, 0) is 43.2 Å². The lowest BCUT2D eigenvalue weighted by Crippen LogP contribution is -2.34. The second kappa shape index (κ2) is 10.5. The molecule has 0 saturated carbocycles. The Kier molecular flexibility index (Phi) is 7.29. The van der Waals surface area contributed by atoms with Crippen molar-refractivity contribution < 1.29 is 22.5 Å². The third-order valence-electron chi connectivity index (χ3n) is 5.63. The Morgan fingerprint density at radius 1 is 0.886 bits per heavy atom. The van der Waals surface area contributed by atoms with Crippen LogP contribution in [-0.4, -0.2) is 34.0 Å². The topological polar surface area (TPSA) is 59.2 Å². The van der Waals surface area contributed by atoms with Crippen molar-refractivity contribution in [2.24, 2.45) is 0 Å². The van der Waals surface area contributed by atoms with Crippen LogP contribution in [0.4, 0.5) is 13.2 Å². The molecule has 4 aromatic rings. The first-order chi connectivity index (χ1) is 16.8. The number of rotatable bonds is 8. The fraction of sp³-hybridized carbons (Fsp3) is 0.222. The van der Waals surface area contributed by atoms with Crippen LogP contribution in [0.15, 0.2) is 83.4 Å². The molecular formula is C27H24F3N3O2. The molecule has 0 spiro atoms. The van der Waals surface area contributed by atoms with E-state index in [4.69, 9.17) is 4.52 Å². The van der Waals surface area contributed by atoms with Gasteiger partial charge in [-0.25, -0.2) is 0 Å². The van der Waals surface area contributed by atoms with Crippen molar-refractivity contribution in [2.75, 3.05) is 13.1 Å². The van der Waals surface area contributed by atoms with Gasteiger partial charge in [-0.1, -0.05) is 65.3 Å². The van der Waals surface area contributed by atoms with Crippen LogP contribution in [0.1, 0.15) is 32.9 Å². The second-order valence-electron chi connectivity index (χ2n) is 8.23. The van der Waals surface area contributed by atoms with E-state index < -0.39 is 11.7 Å². The maximum Gasteiger partial charge on any atom is 0.416 e. The van der Waals surface area contributed by atoms with E-state index in [9.17, 15) is 18.0 Å². The molecule has 8 heteroatoms. The number of hydrogen-bond donors (Lipinski definition) is 0. The number of hydrogen-bond acceptors (Lipinski definition) is 4. The van der Waals surface area contributed by atoms with Crippen LogP contribution >= 0.6 is 0 Å². The highest BCUT2D eigenvalue weighted by atomic mass is 19.4. The summed E-state index contributed by atoms with van der Waals surface area (Å²) in [6, 6.07) is 21.9. The first kappa shape index (κ1) is 24.2. The van der Waals surface area contributed by atoms with Gasteiger partial charge in [-0.2, -0.15) is 18.2 Å². The predicted octanol–water partition coefficient (Wildman–Crippen LogP) is 5.99. The van der Waals surface area contributed by atoms with Gasteiger partial charge in [-0.3, -0.25) is 4.79 Å². The fourth-order valence-corrected chi connectivity index (χ4v) is 3.61. The van der Waals surface area contributed by atoms with Crippen LogP contribution in [0, 0.1) is 6.92 Å². The standard InChI is InChI=1S/C27H24F3N3O2/c1-19-7-9-22(10-8-19)26(34)33(17-15-20-5-3-2-4-6-20)18-16-24-31-25(32-35-24)21-11-13-23(14-12-21)27(28,29)30/h2-14H,15-18H2,1H3. The van der Waals surface area contributed by atoms with Crippen molar-refractivity contribution in [3.63, 3.8) is 0 Å². The van der Waals surface area contributed by atoms with Gasteiger partial charge >= 0.3 is 6.18 Å². The summed E-state index contributed by atoms with van der Waals surface area (Å²) in [7, 11) is 0. The van der Waals surface area contributed by atoms with Gasteiger partial charge in [0.2, 0.25) is 11.7 Å². The zero-order valence-corrected chi connectivity index (χ0v) is 19.1. The maximum absolute atomic E-state index is 13.2. The highest BCUT2D eigenvalue weighted by Crippen LogP contribution is 2.30. The summed E-state index contributed by atoms with van der Waals surface area (Å²) in [5.74, 6) is 0.416. The molecule has 0 atom stereocenters. The molecule has 0 saturated heterocycles. The maximum atomic E-state index is 13.2. The minimum Gasteiger partial charge on any atom is -0.339 e. The largest absolute Gasteiger partial charge is 0.416 e. The van der Waals surface area contributed by atoms with Gasteiger partial charge in [0.05, 0.1) is 5.56 Å². The number of aryl methyl sites for hydroxylation is 1. The van der Waals surface area contributed by atoms with Gasteiger partial charge in [0.25, 0.3) is 5.91 Å². The summed E-state index contributed by atoms with van der Waals surface area (Å²) in [6.07, 6.45) is -3.40. The minimum atomic E-state index is -4.41. The van der Waals surface area contributed by atoms with Crippen molar-refractivity contribution in [1.29, 1.82) is 0 Å². The Hall–Kier alpha value is -3.94. The van der Waals surface area contributed by atoms with Crippen LogP contribution in [-0.2, 0) is 19.0 Å². The number of aromatic nitrogens is 2. The Labute approximate surface area is 201 Å². The third kappa shape index (κ3) is 6.35. The molecule has 4 rings (SSSR count). The van der Waals surface area contributed by atoms with Crippen LogP contribution in [0.25, 0.3) is 11.4 Å². The van der Waals surface area contributed by atoms with E-state index in [1.807, 2.05) is 61.5 Å². The SMILES string of the molecule is Cc1ccc(C(=O)N(CCc2ccccc2)CCc2nc(-c3ccc(C(F)(F)F)cc3)no2)cc1. The molecule has 35 heavy (non-hydrogen) atoms. The lowest BCUT2D eigenvalue weighted by atomic mass is 10.1. The van der Waals surface area contributed by atoms with Gasteiger partial charge < -0.3 is 9.42 Å². The molecule has 0 aliphatic carbocycles. The molecule has 0 bridgehead atoms. The molecule has 0 aliphatic heterocycles. The molecule has 0 radical (unpaired) electrons. The number of alkyl halides is 3. The van der Waals surface area contributed by atoms with Crippen molar-refractivity contribution in [1.82, 2.24) is 15.0 Å². The lowest BCUT2D eigenvalue weighted by molar-refractivity contribution is -0.137. The summed E-state index contributed by atoms with van der Waals surface area (Å²) >= 11 is 0. The zero-order chi connectivity index (χ0) is 24.8. The van der Waals surface area contributed by atoms with Crippen LogP contribution in [0.2, 0.25) is 0 Å². The smallest absolute Gasteiger partial charge is 0.339 e. The Morgan fingerprint density at radius 2 is 1.54 bits per heavy atom. The normalized spacial score (nSPS) is 11.4. The number of amides is 1. The number of halogens is 3. The summed E-state index contributed by atoms with van der Waals surface area (Å²) < 4.78 is 43.7. The van der Waals surface area contributed by atoms with E-state index in [2.05, 4.69) is 10.1 Å². The first-order valence-electron chi connectivity index (χ1n) is 11.2. The Morgan fingerprint density at radius 3 is 2.20 bits per heavy atom. The number of benzene rings is 3. The molecular weight excluding hydrogens is 455 g/mol. The average Bonchev–Trinajstić information content (AvgIpc) is 3.33. The van der Waals surface area contributed by atoms with E-state index in [0.29, 0.717) is 42.9 Å². The lowest BCUT2D eigenvalue weighted by Gasteiger charge is -2.22.